The summed E-state index contributed by atoms with van der Waals surface area (Å²) in [5, 5.41) is 11.6. The van der Waals surface area contributed by atoms with Crippen LogP contribution in [0.1, 0.15) is 16.8 Å². The van der Waals surface area contributed by atoms with Crippen molar-refractivity contribution in [2.75, 3.05) is 56.7 Å². The van der Waals surface area contributed by atoms with E-state index in [1.165, 1.54) is 11.0 Å². The van der Waals surface area contributed by atoms with Gasteiger partial charge in [-0.2, -0.15) is 0 Å². The lowest BCUT2D eigenvalue weighted by Crippen LogP contribution is -2.44. The van der Waals surface area contributed by atoms with E-state index in [0.29, 0.717) is 25.2 Å². The fraction of sp³-hybridized carbons (Fsp3) is 0.588. The Hall–Kier alpha value is -2.20. The van der Waals surface area contributed by atoms with E-state index in [-0.39, 0.29) is 28.8 Å². The maximum Gasteiger partial charge on any atom is 0.293 e. The van der Waals surface area contributed by atoms with Gasteiger partial charge < -0.3 is 14.7 Å². The molecule has 0 N–H and O–H groups in total. The van der Waals surface area contributed by atoms with Crippen molar-refractivity contribution in [1.82, 2.24) is 9.80 Å². The number of carbonyl (C=O) groups is 1. The van der Waals surface area contributed by atoms with Crippen molar-refractivity contribution in [1.29, 1.82) is 0 Å². The third-order valence-corrected chi connectivity index (χ3v) is 7.09. The number of nitro benzene ring substituents is 1. The topological polar surface area (TPSA) is 104 Å². The minimum atomic E-state index is -3.12. The van der Waals surface area contributed by atoms with Gasteiger partial charge in [0.15, 0.2) is 9.84 Å². The average molecular weight is 396 g/mol. The lowest BCUT2D eigenvalue weighted by atomic mass is 10.1. The zero-order valence-electron chi connectivity index (χ0n) is 15.5. The van der Waals surface area contributed by atoms with Crippen molar-refractivity contribution >= 4 is 27.1 Å². The van der Waals surface area contributed by atoms with Crippen LogP contribution in [-0.4, -0.2) is 86.9 Å². The number of amides is 1. The Labute approximate surface area is 158 Å². The van der Waals surface area contributed by atoms with Gasteiger partial charge in [0.2, 0.25) is 0 Å². The van der Waals surface area contributed by atoms with Gasteiger partial charge in [0.05, 0.1) is 16.4 Å². The summed E-state index contributed by atoms with van der Waals surface area (Å²) < 4.78 is 23.3. The quantitative estimate of drug-likeness (QED) is 0.542. The summed E-state index contributed by atoms with van der Waals surface area (Å²) in [4.78, 5) is 29.4. The third-order valence-electron chi connectivity index (χ3n) is 5.34. The van der Waals surface area contributed by atoms with Crippen molar-refractivity contribution in [3.8, 4) is 0 Å². The van der Waals surface area contributed by atoms with E-state index >= 15 is 0 Å². The highest BCUT2D eigenvalue weighted by molar-refractivity contribution is 7.91. The molecular formula is C17H24N4O5S. The fourth-order valence-electron chi connectivity index (χ4n) is 3.57. The lowest BCUT2D eigenvalue weighted by Gasteiger charge is -2.33. The van der Waals surface area contributed by atoms with Crippen LogP contribution in [0.5, 0.6) is 0 Å². The van der Waals surface area contributed by atoms with Gasteiger partial charge in [-0.15, -0.1) is 0 Å². The molecule has 1 unspecified atom stereocenters. The SMILES string of the molecule is CN1CCN(c2ccc(C(=O)N(C)C3CCS(=O)(=O)C3)cc2[N+](=O)[O-])CC1. The molecule has 0 bridgehead atoms. The van der Waals surface area contributed by atoms with E-state index in [4.69, 9.17) is 0 Å². The van der Waals surface area contributed by atoms with E-state index in [9.17, 15) is 23.3 Å². The van der Waals surface area contributed by atoms with Crippen molar-refractivity contribution in [3.63, 3.8) is 0 Å². The number of nitrogens with zero attached hydrogens (tertiary/aromatic N) is 4. The molecule has 0 aromatic heterocycles. The molecule has 1 atom stereocenters. The zero-order valence-corrected chi connectivity index (χ0v) is 16.3. The second-order valence-electron chi connectivity index (χ2n) is 7.22. The molecule has 2 aliphatic rings. The number of carbonyl (C=O) groups excluding carboxylic acids is 1. The molecule has 1 aromatic carbocycles. The van der Waals surface area contributed by atoms with Gasteiger partial charge in [-0.1, -0.05) is 0 Å². The van der Waals surface area contributed by atoms with Crippen LogP contribution in [0.15, 0.2) is 18.2 Å². The maximum atomic E-state index is 12.7. The molecule has 2 fully saturated rings. The predicted molar refractivity (Wildman–Crippen MR) is 102 cm³/mol. The summed E-state index contributed by atoms with van der Waals surface area (Å²) in [6.45, 7) is 3.00. The maximum absolute atomic E-state index is 12.7. The van der Waals surface area contributed by atoms with Crippen LogP contribution in [0.2, 0.25) is 0 Å². The van der Waals surface area contributed by atoms with Gasteiger partial charge >= 0.3 is 0 Å². The highest BCUT2D eigenvalue weighted by Gasteiger charge is 2.34. The largest absolute Gasteiger partial charge is 0.363 e. The Morgan fingerprint density at radius 3 is 2.48 bits per heavy atom. The summed E-state index contributed by atoms with van der Waals surface area (Å²) in [7, 11) is 0.440. The van der Waals surface area contributed by atoms with E-state index in [0.717, 1.165) is 13.1 Å². The molecule has 3 rings (SSSR count). The second-order valence-corrected chi connectivity index (χ2v) is 9.45. The third kappa shape index (κ3) is 4.22. The van der Waals surface area contributed by atoms with Crippen LogP contribution in [0.4, 0.5) is 11.4 Å². The van der Waals surface area contributed by atoms with Gasteiger partial charge in [-0.3, -0.25) is 14.9 Å². The monoisotopic (exact) mass is 396 g/mol. The van der Waals surface area contributed by atoms with Gasteiger partial charge in [-0.05, 0) is 25.6 Å². The Morgan fingerprint density at radius 2 is 1.93 bits per heavy atom. The Bertz CT molecular complexity index is 849. The van der Waals surface area contributed by atoms with Crippen LogP contribution in [0.25, 0.3) is 0 Å². The number of benzene rings is 1. The van der Waals surface area contributed by atoms with Crippen LogP contribution in [-0.2, 0) is 9.84 Å². The van der Waals surface area contributed by atoms with E-state index < -0.39 is 20.7 Å². The molecule has 0 spiro atoms. The van der Waals surface area contributed by atoms with Gasteiger partial charge in [-0.25, -0.2) is 8.42 Å². The van der Waals surface area contributed by atoms with Crippen molar-refractivity contribution in [2.24, 2.45) is 0 Å². The molecule has 10 heteroatoms. The number of rotatable bonds is 4. The summed E-state index contributed by atoms with van der Waals surface area (Å²) >= 11 is 0. The number of hydrogen-bond donors (Lipinski definition) is 0. The first-order valence-corrected chi connectivity index (χ1v) is 10.7. The number of hydrogen-bond acceptors (Lipinski definition) is 7. The van der Waals surface area contributed by atoms with Crippen LogP contribution in [0.3, 0.4) is 0 Å². The molecular weight excluding hydrogens is 372 g/mol. The minimum absolute atomic E-state index is 0.0588. The standard InChI is InChI=1S/C17H24N4O5S/c1-18-6-8-20(9-7-18)15-4-3-13(11-16(15)21(23)24)17(22)19(2)14-5-10-27(25,26)12-14/h3-4,11,14H,5-10,12H2,1-2H3. The zero-order chi connectivity index (χ0) is 19.8. The molecule has 2 aliphatic heterocycles. The van der Waals surface area contributed by atoms with Crippen LogP contribution in [0, 0.1) is 10.1 Å². The smallest absolute Gasteiger partial charge is 0.293 e. The number of sulfone groups is 1. The first kappa shape index (κ1) is 19.6. The summed E-state index contributed by atoms with van der Waals surface area (Å²) in [5.74, 6) is -0.390. The molecule has 1 aromatic rings. The summed E-state index contributed by atoms with van der Waals surface area (Å²) in [6, 6.07) is 4.12. The molecule has 1 amide bonds. The van der Waals surface area contributed by atoms with Crippen molar-refractivity contribution < 1.29 is 18.1 Å². The first-order chi connectivity index (χ1) is 12.7. The predicted octanol–water partition coefficient (Wildman–Crippen LogP) is 0.606. The number of nitro groups is 1. The summed E-state index contributed by atoms with van der Waals surface area (Å²) in [6.07, 6.45) is 0.395. The van der Waals surface area contributed by atoms with E-state index in [1.807, 2.05) is 11.9 Å². The van der Waals surface area contributed by atoms with E-state index in [2.05, 4.69) is 4.90 Å². The highest BCUT2D eigenvalue weighted by Crippen LogP contribution is 2.31. The van der Waals surface area contributed by atoms with Gasteiger partial charge in [0, 0.05) is 50.9 Å². The molecule has 0 aliphatic carbocycles. The molecule has 2 heterocycles. The summed E-state index contributed by atoms with van der Waals surface area (Å²) in [5.41, 5.74) is 0.611. The normalized spacial score (nSPS) is 22.6. The number of anilines is 1. The average Bonchev–Trinajstić information content (AvgIpc) is 3.00. The lowest BCUT2D eigenvalue weighted by molar-refractivity contribution is -0.384. The van der Waals surface area contributed by atoms with E-state index in [1.54, 1.807) is 19.2 Å². The number of likely N-dealkylation sites (N-methyl/N-ethyl adjacent to an activating group) is 1. The molecule has 27 heavy (non-hydrogen) atoms. The molecule has 9 nitrogen and oxygen atoms in total. The Morgan fingerprint density at radius 1 is 1.26 bits per heavy atom. The molecule has 148 valence electrons. The highest BCUT2D eigenvalue weighted by atomic mass is 32.2. The second kappa shape index (κ2) is 7.43. The van der Waals surface area contributed by atoms with Crippen molar-refractivity contribution in [2.45, 2.75) is 12.5 Å². The Balaban J connectivity index is 1.83. The van der Waals surface area contributed by atoms with Gasteiger partial charge in [0.25, 0.3) is 11.6 Å². The van der Waals surface area contributed by atoms with Crippen molar-refractivity contribution in [3.05, 3.63) is 33.9 Å². The Kier molecular flexibility index (Phi) is 5.38. The number of piperazine rings is 1. The molecule has 2 saturated heterocycles. The first-order valence-electron chi connectivity index (χ1n) is 8.87. The van der Waals surface area contributed by atoms with Crippen LogP contribution < -0.4 is 4.90 Å². The fourth-order valence-corrected chi connectivity index (χ4v) is 5.34. The molecule has 0 radical (unpaired) electrons. The molecule has 0 saturated carbocycles. The minimum Gasteiger partial charge on any atom is -0.363 e. The van der Waals surface area contributed by atoms with Crippen LogP contribution >= 0.6 is 0 Å². The van der Waals surface area contributed by atoms with Gasteiger partial charge in [0.1, 0.15) is 5.69 Å².